The molecule has 1 atom stereocenters. The third-order valence-electron chi connectivity index (χ3n) is 2.24. The van der Waals surface area contributed by atoms with Crippen LogP contribution in [0.5, 0.6) is 5.75 Å². The van der Waals surface area contributed by atoms with Gasteiger partial charge in [0.2, 0.25) is 0 Å². The van der Waals surface area contributed by atoms with Gasteiger partial charge in [-0.1, -0.05) is 22.9 Å². The molecule has 0 N–H and O–H groups in total. The molecule has 0 saturated heterocycles. The second kappa shape index (κ2) is 5.31. The lowest BCUT2D eigenvalue weighted by molar-refractivity contribution is -0.124. The van der Waals surface area contributed by atoms with Crippen LogP contribution in [0.3, 0.4) is 0 Å². The largest absolute Gasteiger partial charge is 0.483 e. The second-order valence-electron chi connectivity index (χ2n) is 3.49. The van der Waals surface area contributed by atoms with Crippen molar-refractivity contribution in [2.75, 3.05) is 0 Å². The van der Waals surface area contributed by atoms with E-state index < -0.39 is 0 Å². The molecule has 3 heteroatoms. The molecule has 0 fully saturated rings. The van der Waals surface area contributed by atoms with Crippen LogP contribution in [-0.4, -0.2) is 11.9 Å². The van der Waals surface area contributed by atoms with E-state index in [9.17, 15) is 4.79 Å². The summed E-state index contributed by atoms with van der Waals surface area (Å²) >= 11 is 3.38. The second-order valence-corrected chi connectivity index (χ2v) is 4.41. The minimum Gasteiger partial charge on any atom is -0.483 e. The van der Waals surface area contributed by atoms with E-state index in [2.05, 4.69) is 15.9 Å². The molecule has 0 heterocycles. The Balaban J connectivity index is 2.76. The van der Waals surface area contributed by atoms with Crippen LogP contribution < -0.4 is 4.74 Å². The Kier molecular flexibility index (Phi) is 4.33. The van der Waals surface area contributed by atoms with Crippen molar-refractivity contribution in [3.63, 3.8) is 0 Å². The summed E-state index contributed by atoms with van der Waals surface area (Å²) in [4.78, 5) is 11.4. The zero-order chi connectivity index (χ0) is 11.4. The first-order valence-electron chi connectivity index (χ1n) is 5.00. The maximum absolute atomic E-state index is 11.4. The van der Waals surface area contributed by atoms with E-state index in [4.69, 9.17) is 4.74 Å². The molecule has 0 aliphatic carbocycles. The standard InChI is InChI=1S/C12H15BrO2/c1-4-11(14)9(3)15-12-6-5-10(13)7-8(12)2/h5-7,9H,4H2,1-3H3. The monoisotopic (exact) mass is 270 g/mol. The summed E-state index contributed by atoms with van der Waals surface area (Å²) in [5.74, 6) is 0.893. The first-order valence-corrected chi connectivity index (χ1v) is 5.79. The zero-order valence-corrected chi connectivity index (χ0v) is 10.8. The number of Topliss-reactive ketones (excluding diaryl/α,β-unsaturated/α-hetero) is 1. The molecule has 0 aromatic heterocycles. The molecule has 0 aliphatic rings. The molecule has 1 aromatic carbocycles. The lowest BCUT2D eigenvalue weighted by Crippen LogP contribution is -2.23. The van der Waals surface area contributed by atoms with Gasteiger partial charge in [-0.05, 0) is 37.6 Å². The highest BCUT2D eigenvalue weighted by Gasteiger charge is 2.13. The molecule has 1 rings (SSSR count). The number of aryl methyl sites for hydroxylation is 1. The van der Waals surface area contributed by atoms with Crippen molar-refractivity contribution in [2.45, 2.75) is 33.3 Å². The van der Waals surface area contributed by atoms with Gasteiger partial charge in [0, 0.05) is 10.9 Å². The van der Waals surface area contributed by atoms with Gasteiger partial charge in [0.25, 0.3) is 0 Å². The van der Waals surface area contributed by atoms with Crippen LogP contribution in [0, 0.1) is 6.92 Å². The smallest absolute Gasteiger partial charge is 0.172 e. The Bertz CT molecular complexity index is 361. The third kappa shape index (κ3) is 3.34. The maximum Gasteiger partial charge on any atom is 0.172 e. The van der Waals surface area contributed by atoms with Crippen molar-refractivity contribution >= 4 is 21.7 Å². The topological polar surface area (TPSA) is 26.3 Å². The van der Waals surface area contributed by atoms with E-state index in [1.807, 2.05) is 32.0 Å². The van der Waals surface area contributed by atoms with Crippen molar-refractivity contribution in [3.8, 4) is 5.75 Å². The predicted molar refractivity (Wildman–Crippen MR) is 64.3 cm³/mol. The summed E-state index contributed by atoms with van der Waals surface area (Å²) in [6.07, 6.45) is 0.145. The summed E-state index contributed by atoms with van der Waals surface area (Å²) in [7, 11) is 0. The van der Waals surface area contributed by atoms with Crippen molar-refractivity contribution in [1.82, 2.24) is 0 Å². The lowest BCUT2D eigenvalue weighted by Gasteiger charge is -2.14. The van der Waals surface area contributed by atoms with E-state index in [0.29, 0.717) is 6.42 Å². The number of halogens is 1. The van der Waals surface area contributed by atoms with Gasteiger partial charge in [0.1, 0.15) is 5.75 Å². The van der Waals surface area contributed by atoms with E-state index in [-0.39, 0.29) is 11.9 Å². The van der Waals surface area contributed by atoms with Crippen LogP contribution in [0.25, 0.3) is 0 Å². The van der Waals surface area contributed by atoms with Crippen LogP contribution in [0.15, 0.2) is 22.7 Å². The van der Waals surface area contributed by atoms with E-state index in [1.54, 1.807) is 6.92 Å². The Labute approximate surface area is 98.8 Å². The number of ether oxygens (including phenoxy) is 1. The summed E-state index contributed by atoms with van der Waals surface area (Å²) < 4.78 is 6.60. The van der Waals surface area contributed by atoms with Gasteiger partial charge in [0.15, 0.2) is 11.9 Å². The van der Waals surface area contributed by atoms with Crippen molar-refractivity contribution in [1.29, 1.82) is 0 Å². The first kappa shape index (κ1) is 12.2. The van der Waals surface area contributed by atoms with Crippen molar-refractivity contribution < 1.29 is 9.53 Å². The normalized spacial score (nSPS) is 12.3. The molecule has 0 aliphatic heterocycles. The van der Waals surface area contributed by atoms with Crippen LogP contribution in [0.1, 0.15) is 25.8 Å². The molecule has 15 heavy (non-hydrogen) atoms. The highest BCUT2D eigenvalue weighted by atomic mass is 79.9. The predicted octanol–water partition coefficient (Wildman–Crippen LogP) is 3.50. The summed E-state index contributed by atoms with van der Waals surface area (Å²) in [5.41, 5.74) is 1.03. The molecule has 0 radical (unpaired) electrons. The molecule has 1 aromatic rings. The summed E-state index contributed by atoms with van der Waals surface area (Å²) in [6, 6.07) is 5.75. The maximum atomic E-state index is 11.4. The molecular weight excluding hydrogens is 256 g/mol. The number of rotatable bonds is 4. The average Bonchev–Trinajstić information content (AvgIpc) is 2.20. The lowest BCUT2D eigenvalue weighted by atomic mass is 10.2. The van der Waals surface area contributed by atoms with E-state index >= 15 is 0 Å². The quantitative estimate of drug-likeness (QED) is 0.837. The minimum atomic E-state index is -0.366. The number of hydrogen-bond acceptors (Lipinski definition) is 2. The van der Waals surface area contributed by atoms with E-state index in [0.717, 1.165) is 15.8 Å². The van der Waals surface area contributed by atoms with Gasteiger partial charge < -0.3 is 4.74 Å². The SMILES string of the molecule is CCC(=O)C(C)Oc1ccc(Br)cc1C. The summed E-state index contributed by atoms with van der Waals surface area (Å²) in [6.45, 7) is 5.59. The summed E-state index contributed by atoms with van der Waals surface area (Å²) in [5, 5.41) is 0. The van der Waals surface area contributed by atoms with Gasteiger partial charge in [-0.2, -0.15) is 0 Å². The number of benzene rings is 1. The van der Waals surface area contributed by atoms with Crippen molar-refractivity contribution in [2.24, 2.45) is 0 Å². The molecule has 2 nitrogen and oxygen atoms in total. The zero-order valence-electron chi connectivity index (χ0n) is 9.21. The van der Waals surface area contributed by atoms with Gasteiger partial charge in [0.05, 0.1) is 0 Å². The first-order chi connectivity index (χ1) is 7.04. The number of carbonyl (C=O) groups is 1. The number of hydrogen-bond donors (Lipinski definition) is 0. The number of carbonyl (C=O) groups excluding carboxylic acids is 1. The fourth-order valence-electron chi connectivity index (χ4n) is 1.29. The molecule has 82 valence electrons. The van der Waals surface area contributed by atoms with Gasteiger partial charge in [-0.3, -0.25) is 4.79 Å². The third-order valence-corrected chi connectivity index (χ3v) is 2.74. The molecule has 0 saturated carbocycles. The highest BCUT2D eigenvalue weighted by Crippen LogP contribution is 2.23. The molecular formula is C12H15BrO2. The van der Waals surface area contributed by atoms with Gasteiger partial charge >= 0.3 is 0 Å². The van der Waals surface area contributed by atoms with Crippen molar-refractivity contribution in [3.05, 3.63) is 28.2 Å². The Morgan fingerprint density at radius 1 is 1.53 bits per heavy atom. The minimum absolute atomic E-state index is 0.123. The van der Waals surface area contributed by atoms with Gasteiger partial charge in [-0.25, -0.2) is 0 Å². The Morgan fingerprint density at radius 2 is 2.20 bits per heavy atom. The number of ketones is 1. The van der Waals surface area contributed by atoms with Gasteiger partial charge in [-0.15, -0.1) is 0 Å². The average molecular weight is 271 g/mol. The van der Waals surface area contributed by atoms with E-state index in [1.165, 1.54) is 0 Å². The highest BCUT2D eigenvalue weighted by molar-refractivity contribution is 9.10. The molecule has 0 spiro atoms. The Hall–Kier alpha value is -0.830. The molecule has 1 unspecified atom stereocenters. The Morgan fingerprint density at radius 3 is 2.73 bits per heavy atom. The van der Waals surface area contributed by atoms with Crippen LogP contribution in [0.2, 0.25) is 0 Å². The van der Waals surface area contributed by atoms with Crippen LogP contribution in [0.4, 0.5) is 0 Å². The van der Waals surface area contributed by atoms with Crippen LogP contribution in [-0.2, 0) is 4.79 Å². The van der Waals surface area contributed by atoms with Crippen LogP contribution >= 0.6 is 15.9 Å². The molecule has 0 bridgehead atoms. The molecule has 0 amide bonds. The fourth-order valence-corrected chi connectivity index (χ4v) is 1.76. The fraction of sp³-hybridized carbons (Fsp3) is 0.417.